The van der Waals surface area contributed by atoms with Crippen LogP contribution in [0.2, 0.25) is 0 Å². The molecule has 0 amide bonds. The van der Waals surface area contributed by atoms with Crippen molar-refractivity contribution in [1.29, 1.82) is 0 Å². The van der Waals surface area contributed by atoms with Crippen molar-refractivity contribution in [1.82, 2.24) is 0 Å². The molecule has 1 aliphatic carbocycles. The number of aryl methyl sites for hydroxylation is 1. The van der Waals surface area contributed by atoms with E-state index in [-0.39, 0.29) is 5.41 Å². The van der Waals surface area contributed by atoms with Gasteiger partial charge in [0.05, 0.1) is 5.69 Å². The normalized spacial score (nSPS) is 12.9. The van der Waals surface area contributed by atoms with Crippen LogP contribution in [0.5, 0.6) is 0 Å². The van der Waals surface area contributed by atoms with E-state index in [1.54, 1.807) is 0 Å². The summed E-state index contributed by atoms with van der Waals surface area (Å²) in [6.45, 7) is 6.93. The second kappa shape index (κ2) is 10.7. The van der Waals surface area contributed by atoms with Gasteiger partial charge in [0.1, 0.15) is 0 Å². The summed E-state index contributed by atoms with van der Waals surface area (Å²) in [4.78, 5) is 4.92. The molecule has 204 valence electrons. The number of fused-ring (bicyclic) bond motifs is 3. The lowest BCUT2D eigenvalue weighted by Crippen LogP contribution is -2.17. The summed E-state index contributed by atoms with van der Waals surface area (Å²) in [5.41, 5.74) is 12.6. The fourth-order valence-corrected chi connectivity index (χ4v) is 7.38. The molecule has 0 N–H and O–H groups in total. The van der Waals surface area contributed by atoms with Gasteiger partial charge >= 0.3 is 0 Å². The number of benzene rings is 6. The van der Waals surface area contributed by atoms with Crippen molar-refractivity contribution in [2.75, 3.05) is 4.90 Å². The predicted octanol–water partition coefficient (Wildman–Crippen LogP) is 11.6. The minimum absolute atomic E-state index is 0.0708. The first kappa shape index (κ1) is 26.4. The Balaban J connectivity index is 1.43. The third kappa shape index (κ3) is 4.53. The Morgan fingerprint density at radius 3 is 1.95 bits per heavy atom. The zero-order valence-electron chi connectivity index (χ0n) is 24.2. The molecule has 0 bridgehead atoms. The molecule has 6 aromatic carbocycles. The topological polar surface area (TPSA) is 3.24 Å². The quantitative estimate of drug-likeness (QED) is 0.200. The Morgan fingerprint density at radius 1 is 0.524 bits per heavy atom. The second-order valence-electron chi connectivity index (χ2n) is 11.5. The average Bonchev–Trinajstić information content (AvgIpc) is 3.25. The van der Waals surface area contributed by atoms with Crippen molar-refractivity contribution in [3.05, 3.63) is 162 Å². The molecule has 1 nitrogen and oxygen atoms in total. The van der Waals surface area contributed by atoms with E-state index in [2.05, 4.69) is 171 Å². The zero-order valence-corrected chi connectivity index (χ0v) is 25.0. The van der Waals surface area contributed by atoms with E-state index in [0.29, 0.717) is 0 Å². The van der Waals surface area contributed by atoms with Crippen LogP contribution in [-0.4, -0.2) is 0 Å². The highest BCUT2D eigenvalue weighted by Crippen LogP contribution is 2.51. The lowest BCUT2D eigenvalue weighted by atomic mass is 9.82. The smallest absolute Gasteiger partial charge is 0.0543 e. The van der Waals surface area contributed by atoms with Gasteiger partial charge < -0.3 is 4.90 Å². The Bertz CT molecular complexity index is 1890. The van der Waals surface area contributed by atoms with Crippen LogP contribution in [0.3, 0.4) is 0 Å². The molecule has 0 fully saturated rings. The highest BCUT2D eigenvalue weighted by molar-refractivity contribution is 7.99. The molecule has 0 saturated carbocycles. The summed E-state index contributed by atoms with van der Waals surface area (Å²) in [5, 5.41) is 0. The number of hydrogen-bond acceptors (Lipinski definition) is 2. The molecule has 0 heterocycles. The fourth-order valence-electron chi connectivity index (χ4n) is 6.40. The molecule has 0 saturated heterocycles. The lowest BCUT2D eigenvalue weighted by Gasteiger charge is -2.30. The first-order valence-corrected chi connectivity index (χ1v) is 15.4. The molecular formula is C40H33NS. The number of para-hydroxylation sites is 1. The molecule has 2 heteroatoms. The van der Waals surface area contributed by atoms with Crippen molar-refractivity contribution < 1.29 is 0 Å². The van der Waals surface area contributed by atoms with Gasteiger partial charge in [-0.05, 0) is 88.8 Å². The number of hydrogen-bond donors (Lipinski definition) is 0. The van der Waals surface area contributed by atoms with E-state index in [4.69, 9.17) is 0 Å². The van der Waals surface area contributed by atoms with Crippen molar-refractivity contribution >= 4 is 28.8 Å². The largest absolute Gasteiger partial charge is 0.310 e. The Labute approximate surface area is 253 Å². The molecule has 0 aromatic heterocycles. The monoisotopic (exact) mass is 559 g/mol. The minimum Gasteiger partial charge on any atom is -0.310 e. The molecule has 0 radical (unpaired) electrons. The highest BCUT2D eigenvalue weighted by atomic mass is 32.2. The summed E-state index contributed by atoms with van der Waals surface area (Å²) >= 11 is 1.82. The predicted molar refractivity (Wildman–Crippen MR) is 179 cm³/mol. The van der Waals surface area contributed by atoms with Gasteiger partial charge in [0.15, 0.2) is 0 Å². The standard InChI is InChI=1S/C40H33NS/c1-28-15-14-23-37(39(28)34-21-11-13-24-38(34)42-31-18-8-5-9-19-31)41(29-16-6-4-7-17-29)30-25-26-33-32-20-10-12-22-35(32)40(2,3)36(33)27-30/h4-27H,1-3H3. The first-order chi connectivity index (χ1) is 20.5. The van der Waals surface area contributed by atoms with Crippen molar-refractivity contribution in [3.63, 3.8) is 0 Å². The second-order valence-corrected chi connectivity index (χ2v) is 12.6. The number of anilines is 3. The summed E-state index contributed by atoms with van der Waals surface area (Å²) in [6.07, 6.45) is 0. The van der Waals surface area contributed by atoms with E-state index in [1.165, 1.54) is 60.1 Å². The molecule has 1 aliphatic rings. The van der Waals surface area contributed by atoms with Gasteiger partial charge in [-0.2, -0.15) is 0 Å². The van der Waals surface area contributed by atoms with Gasteiger partial charge in [0, 0.05) is 32.1 Å². The Hall–Kier alpha value is -4.53. The molecule has 0 unspecified atom stereocenters. The molecule has 0 atom stereocenters. The Morgan fingerprint density at radius 2 is 1.17 bits per heavy atom. The SMILES string of the molecule is Cc1cccc(N(c2ccccc2)c2ccc3c(c2)C(C)(C)c2ccccc2-3)c1-c1ccccc1Sc1ccccc1. The molecule has 6 aromatic rings. The van der Waals surface area contributed by atoms with Gasteiger partial charge in [-0.25, -0.2) is 0 Å². The van der Waals surface area contributed by atoms with Crippen LogP contribution in [-0.2, 0) is 5.41 Å². The molecule has 7 rings (SSSR count). The van der Waals surface area contributed by atoms with Gasteiger partial charge in [-0.1, -0.05) is 123 Å². The maximum atomic E-state index is 2.44. The van der Waals surface area contributed by atoms with E-state index in [0.717, 1.165) is 5.69 Å². The van der Waals surface area contributed by atoms with Crippen LogP contribution < -0.4 is 4.90 Å². The molecular weight excluding hydrogens is 527 g/mol. The third-order valence-corrected chi connectivity index (χ3v) is 9.54. The third-order valence-electron chi connectivity index (χ3n) is 8.46. The van der Waals surface area contributed by atoms with Crippen LogP contribution in [0.1, 0.15) is 30.5 Å². The van der Waals surface area contributed by atoms with E-state index < -0.39 is 0 Å². The van der Waals surface area contributed by atoms with Gasteiger partial charge in [-0.15, -0.1) is 0 Å². The molecule has 42 heavy (non-hydrogen) atoms. The van der Waals surface area contributed by atoms with Gasteiger partial charge in [0.2, 0.25) is 0 Å². The summed E-state index contributed by atoms with van der Waals surface area (Å²) in [7, 11) is 0. The number of nitrogens with zero attached hydrogens (tertiary/aromatic N) is 1. The summed E-state index contributed by atoms with van der Waals surface area (Å²) < 4.78 is 0. The first-order valence-electron chi connectivity index (χ1n) is 14.5. The maximum Gasteiger partial charge on any atom is 0.0543 e. The summed E-state index contributed by atoms with van der Waals surface area (Å²) in [6, 6.07) is 52.8. The van der Waals surface area contributed by atoms with Crippen molar-refractivity contribution in [2.45, 2.75) is 36.0 Å². The molecule has 0 aliphatic heterocycles. The summed E-state index contributed by atoms with van der Waals surface area (Å²) in [5.74, 6) is 0. The van der Waals surface area contributed by atoms with Crippen LogP contribution in [0.15, 0.2) is 155 Å². The molecule has 0 spiro atoms. The van der Waals surface area contributed by atoms with E-state index in [9.17, 15) is 0 Å². The van der Waals surface area contributed by atoms with Crippen molar-refractivity contribution in [3.8, 4) is 22.3 Å². The Kier molecular flexibility index (Phi) is 6.72. The zero-order chi connectivity index (χ0) is 28.7. The van der Waals surface area contributed by atoms with Crippen LogP contribution >= 0.6 is 11.8 Å². The minimum atomic E-state index is -0.0708. The fraction of sp³-hybridized carbons (Fsp3) is 0.100. The van der Waals surface area contributed by atoms with Crippen LogP contribution in [0.4, 0.5) is 17.1 Å². The maximum absolute atomic E-state index is 2.44. The average molecular weight is 560 g/mol. The van der Waals surface area contributed by atoms with Crippen LogP contribution in [0.25, 0.3) is 22.3 Å². The van der Waals surface area contributed by atoms with Gasteiger partial charge in [0.25, 0.3) is 0 Å². The van der Waals surface area contributed by atoms with E-state index >= 15 is 0 Å². The lowest BCUT2D eigenvalue weighted by molar-refractivity contribution is 0.660. The van der Waals surface area contributed by atoms with Crippen LogP contribution in [0, 0.1) is 6.92 Å². The van der Waals surface area contributed by atoms with Crippen molar-refractivity contribution in [2.24, 2.45) is 0 Å². The highest BCUT2D eigenvalue weighted by Gasteiger charge is 2.35. The number of rotatable bonds is 6. The van der Waals surface area contributed by atoms with Gasteiger partial charge in [-0.3, -0.25) is 0 Å². The van der Waals surface area contributed by atoms with E-state index in [1.807, 2.05) is 11.8 Å².